The van der Waals surface area contributed by atoms with E-state index in [1.54, 1.807) is 36.4 Å². The molecule has 0 heterocycles. The van der Waals surface area contributed by atoms with Crippen molar-refractivity contribution in [2.75, 3.05) is 0 Å². The van der Waals surface area contributed by atoms with E-state index in [1.165, 1.54) is 24.3 Å². The molecule has 0 saturated heterocycles. The van der Waals surface area contributed by atoms with E-state index in [0.717, 1.165) is 79.5 Å². The van der Waals surface area contributed by atoms with E-state index in [1.807, 2.05) is 38.1 Å². The summed E-state index contributed by atoms with van der Waals surface area (Å²) in [6.45, 7) is 12.5. The van der Waals surface area contributed by atoms with E-state index >= 15 is 0 Å². The van der Waals surface area contributed by atoms with Crippen LogP contribution in [0.3, 0.4) is 0 Å². The summed E-state index contributed by atoms with van der Waals surface area (Å²) in [4.78, 5) is 36.3. The third-order valence-corrected chi connectivity index (χ3v) is 11.8. The quantitative estimate of drug-likeness (QED) is 0.0472. The molecule has 420 valence electrons. The molecule has 78 heavy (non-hydrogen) atoms. The Kier molecular flexibility index (Phi) is 23.0. The maximum atomic E-state index is 13.7. The van der Waals surface area contributed by atoms with Gasteiger partial charge < -0.3 is 28.4 Å². The maximum Gasteiger partial charge on any atom is 0.573 e. The van der Waals surface area contributed by atoms with Gasteiger partial charge in [0.05, 0.1) is 16.7 Å². The largest absolute Gasteiger partial charge is 0.573 e. The second-order valence-corrected chi connectivity index (χ2v) is 17.0. The normalized spacial score (nSPS) is 11.5. The minimum Gasteiger partial charge on any atom is -0.423 e. The van der Waals surface area contributed by atoms with Crippen molar-refractivity contribution in [2.45, 2.75) is 117 Å². The second kappa shape index (κ2) is 28.6. The highest BCUT2D eigenvalue weighted by molar-refractivity contribution is 5.92. The Bertz CT molecular complexity index is 2830. The molecule has 0 amide bonds. The van der Waals surface area contributed by atoms with Gasteiger partial charge in [-0.05, 0) is 146 Å². The van der Waals surface area contributed by atoms with Crippen molar-refractivity contribution in [3.8, 4) is 34.5 Å². The van der Waals surface area contributed by atoms with Crippen LogP contribution < -0.4 is 28.4 Å². The van der Waals surface area contributed by atoms with Crippen molar-refractivity contribution in [3.05, 3.63) is 178 Å². The van der Waals surface area contributed by atoms with Gasteiger partial charge in [0.2, 0.25) is 5.75 Å². The van der Waals surface area contributed by atoms with Crippen LogP contribution in [-0.4, -0.2) is 37.0 Å². The molecule has 6 rings (SSSR count). The fraction of sp³-hybridized carbons (Fsp3) is 0.316. The molecule has 0 fully saturated rings. The molecular weight excluding hydrogens is 1060 g/mol. The van der Waals surface area contributed by atoms with E-state index < -0.39 is 71.7 Å². The monoisotopic (exact) mass is 1110 g/mol. The summed E-state index contributed by atoms with van der Waals surface area (Å²) in [6, 6.07) is 28.6. The number of benzene rings is 6. The standard InChI is InChI=1S/C19H17F5O3.C19H18F4O3.C19H19F3O3/c1-3-11(4-2)12-5-7-13(8-6-12)18(25)26-14-9-15(20)17(16(21)10-14)27-19(22,23)24;1-3-12(4-2)13-5-7-14(8-6-13)18(24)25-15-9-10-17(16(20)11-15)26-19(21,22)23;1-3-13(4-2)14-5-7-15(8-6-14)18(23)24-16-9-11-17(12-10-16)25-19(20,21)22/h5-11H,3-4H2,1-2H3;5-12H,3-4H2,1-2H3;5-13H,3-4H2,1-2H3. The molecule has 21 heteroatoms. The van der Waals surface area contributed by atoms with Gasteiger partial charge in [-0.3, -0.25) is 0 Å². The third-order valence-electron chi connectivity index (χ3n) is 11.8. The Balaban J connectivity index is 0.000000253. The predicted molar refractivity (Wildman–Crippen MR) is 263 cm³/mol. The van der Waals surface area contributed by atoms with Crippen molar-refractivity contribution >= 4 is 17.9 Å². The first-order valence-corrected chi connectivity index (χ1v) is 24.3. The van der Waals surface area contributed by atoms with Gasteiger partial charge in [-0.1, -0.05) is 77.9 Å². The highest BCUT2D eigenvalue weighted by atomic mass is 19.4. The van der Waals surface area contributed by atoms with Crippen LogP contribution in [0.2, 0.25) is 0 Å². The van der Waals surface area contributed by atoms with Crippen LogP contribution >= 0.6 is 0 Å². The fourth-order valence-corrected chi connectivity index (χ4v) is 7.72. The second-order valence-electron chi connectivity index (χ2n) is 17.0. The smallest absolute Gasteiger partial charge is 0.423 e. The van der Waals surface area contributed by atoms with Gasteiger partial charge >= 0.3 is 37.0 Å². The van der Waals surface area contributed by atoms with Gasteiger partial charge in [0.15, 0.2) is 23.2 Å². The Labute approximate surface area is 442 Å². The molecule has 0 saturated carbocycles. The number of carbonyl (C=O) groups is 3. The van der Waals surface area contributed by atoms with E-state index in [-0.39, 0.29) is 28.4 Å². The van der Waals surface area contributed by atoms with Crippen LogP contribution in [0.15, 0.2) is 127 Å². The van der Waals surface area contributed by atoms with Gasteiger partial charge in [0, 0.05) is 18.2 Å². The first-order valence-electron chi connectivity index (χ1n) is 24.3. The summed E-state index contributed by atoms with van der Waals surface area (Å²) in [5.74, 6) is -9.19. The molecule has 9 nitrogen and oxygen atoms in total. The molecule has 0 spiro atoms. The number of halogens is 12. The Hall–Kier alpha value is -7.71. The molecule has 0 unspecified atom stereocenters. The minimum atomic E-state index is -5.25. The zero-order valence-electron chi connectivity index (χ0n) is 42.8. The third kappa shape index (κ3) is 20.0. The van der Waals surface area contributed by atoms with Crippen molar-refractivity contribution < 1.29 is 95.5 Å². The molecule has 0 aliphatic rings. The maximum absolute atomic E-state index is 13.7. The van der Waals surface area contributed by atoms with Crippen LogP contribution in [0.25, 0.3) is 0 Å². The lowest BCUT2D eigenvalue weighted by Crippen LogP contribution is -2.19. The summed E-state index contributed by atoms with van der Waals surface area (Å²) >= 11 is 0. The molecule has 0 atom stereocenters. The van der Waals surface area contributed by atoms with Gasteiger partial charge in [-0.25, -0.2) is 27.6 Å². The first-order chi connectivity index (χ1) is 36.7. The topological polar surface area (TPSA) is 107 Å². The zero-order valence-corrected chi connectivity index (χ0v) is 42.8. The number of esters is 3. The average molecular weight is 1110 g/mol. The Morgan fingerprint density at radius 2 is 0.654 bits per heavy atom. The first kappa shape index (κ1) is 62.8. The van der Waals surface area contributed by atoms with Gasteiger partial charge in [-0.2, -0.15) is 0 Å². The van der Waals surface area contributed by atoms with Gasteiger partial charge in [0.25, 0.3) is 0 Å². The van der Waals surface area contributed by atoms with Crippen molar-refractivity contribution in [1.82, 2.24) is 0 Å². The van der Waals surface area contributed by atoms with Gasteiger partial charge in [-0.15, -0.1) is 39.5 Å². The summed E-state index contributed by atoms with van der Waals surface area (Å²) in [6.07, 6.45) is -9.14. The number of alkyl halides is 9. The highest BCUT2D eigenvalue weighted by Crippen LogP contribution is 2.34. The lowest BCUT2D eigenvalue weighted by Gasteiger charge is -2.13. The summed E-state index contributed by atoms with van der Waals surface area (Å²) < 4.78 is 176. The van der Waals surface area contributed by atoms with Gasteiger partial charge in [0.1, 0.15) is 23.0 Å². The average Bonchev–Trinajstić information content (AvgIpc) is 3.38. The van der Waals surface area contributed by atoms with E-state index in [2.05, 4.69) is 41.9 Å². The predicted octanol–water partition coefficient (Wildman–Crippen LogP) is 17.5. The van der Waals surface area contributed by atoms with E-state index in [9.17, 15) is 67.1 Å². The molecule has 0 aliphatic heterocycles. The summed E-state index contributed by atoms with van der Waals surface area (Å²) in [7, 11) is 0. The lowest BCUT2D eigenvalue weighted by atomic mass is 9.93. The zero-order chi connectivity index (χ0) is 58.0. The molecule has 0 aromatic heterocycles. The number of carbonyl (C=O) groups excluding carboxylic acids is 3. The fourth-order valence-electron chi connectivity index (χ4n) is 7.72. The number of hydrogen-bond acceptors (Lipinski definition) is 9. The van der Waals surface area contributed by atoms with Crippen LogP contribution in [0.4, 0.5) is 52.7 Å². The minimum absolute atomic E-state index is 0.140. The molecular formula is C57H54F12O9. The van der Waals surface area contributed by atoms with E-state index in [0.29, 0.717) is 41.5 Å². The Morgan fingerprint density at radius 1 is 0.359 bits per heavy atom. The molecule has 0 N–H and O–H groups in total. The van der Waals surface area contributed by atoms with Crippen molar-refractivity contribution in [2.24, 2.45) is 0 Å². The van der Waals surface area contributed by atoms with Crippen LogP contribution in [0.1, 0.15) is 146 Å². The van der Waals surface area contributed by atoms with Crippen LogP contribution in [0.5, 0.6) is 34.5 Å². The van der Waals surface area contributed by atoms with Crippen LogP contribution in [0, 0.1) is 17.5 Å². The molecule has 0 aliphatic carbocycles. The number of hydrogen-bond donors (Lipinski definition) is 0. The summed E-state index contributed by atoms with van der Waals surface area (Å²) in [5, 5.41) is 0. The number of ether oxygens (including phenoxy) is 6. The van der Waals surface area contributed by atoms with E-state index in [4.69, 9.17) is 14.2 Å². The Morgan fingerprint density at radius 3 is 0.974 bits per heavy atom. The lowest BCUT2D eigenvalue weighted by molar-refractivity contribution is -0.277. The molecule has 6 aromatic rings. The SMILES string of the molecule is CCC(CC)c1ccc(C(=O)Oc2cc(F)c(OC(F)(F)F)c(F)c2)cc1.CCC(CC)c1ccc(C(=O)Oc2ccc(OC(F)(F)F)c(F)c2)cc1.CCC(CC)c1ccc(C(=O)Oc2ccc(OC(F)(F)F)cc2)cc1. The van der Waals surface area contributed by atoms with Crippen molar-refractivity contribution in [3.63, 3.8) is 0 Å². The van der Waals surface area contributed by atoms with Crippen molar-refractivity contribution in [1.29, 1.82) is 0 Å². The number of rotatable bonds is 18. The van der Waals surface area contributed by atoms with Crippen LogP contribution in [-0.2, 0) is 0 Å². The molecule has 0 radical (unpaired) electrons. The highest BCUT2D eigenvalue weighted by Gasteiger charge is 2.35. The molecule has 6 aromatic carbocycles. The summed E-state index contributed by atoms with van der Waals surface area (Å²) in [5.41, 5.74) is 4.09. The molecule has 0 bridgehead atoms.